The van der Waals surface area contributed by atoms with Gasteiger partial charge in [0.05, 0.1) is 12.2 Å². The van der Waals surface area contributed by atoms with Gasteiger partial charge in [0.1, 0.15) is 0 Å². The van der Waals surface area contributed by atoms with Gasteiger partial charge in [-0.2, -0.15) is 5.01 Å². The van der Waals surface area contributed by atoms with Gasteiger partial charge >= 0.3 is 0 Å². The lowest BCUT2D eigenvalue weighted by Gasteiger charge is -2.29. The quantitative estimate of drug-likeness (QED) is 0.704. The summed E-state index contributed by atoms with van der Waals surface area (Å²) in [5.74, 6) is -0.988. The predicted molar refractivity (Wildman–Crippen MR) is 120 cm³/mol. The van der Waals surface area contributed by atoms with Gasteiger partial charge in [0.2, 0.25) is 16.7 Å². The summed E-state index contributed by atoms with van der Waals surface area (Å²) in [7, 11) is 0. The molecule has 0 fully saturated rings. The zero-order chi connectivity index (χ0) is 21.6. The molecule has 0 saturated carbocycles. The Morgan fingerprint density at radius 3 is 2.50 bits per heavy atom. The lowest BCUT2D eigenvalue weighted by atomic mass is 10.1. The molecule has 2 aromatic carbocycles. The number of carbonyl (C=O) groups is 3. The zero-order valence-corrected chi connectivity index (χ0v) is 19.0. The Hall–Kier alpha value is -2.65. The second-order valence-corrected chi connectivity index (χ2v) is 9.30. The third-order valence-electron chi connectivity index (χ3n) is 4.93. The molecule has 2 heterocycles. The molecule has 0 radical (unpaired) electrons. The molecule has 2 aliphatic rings. The Balaban J connectivity index is 1.82. The summed E-state index contributed by atoms with van der Waals surface area (Å²) in [6, 6.07) is 13.5. The summed E-state index contributed by atoms with van der Waals surface area (Å²) < 4.78 is 0.780. The summed E-state index contributed by atoms with van der Waals surface area (Å²) in [5.41, 5.74) is 3.47. The van der Waals surface area contributed by atoms with Crippen LogP contribution in [0.1, 0.15) is 30.5 Å². The molecule has 1 N–H and O–H groups in total. The first-order valence-corrected chi connectivity index (χ1v) is 10.9. The van der Waals surface area contributed by atoms with E-state index in [0.29, 0.717) is 17.8 Å². The molecule has 9 heteroatoms. The number of amidine groups is 1. The van der Waals surface area contributed by atoms with E-state index >= 15 is 0 Å². The van der Waals surface area contributed by atoms with Gasteiger partial charge < -0.3 is 10.2 Å². The van der Waals surface area contributed by atoms with Gasteiger partial charge in [-0.05, 0) is 42.4 Å². The number of fused-ring (bicyclic) bond motifs is 2. The van der Waals surface area contributed by atoms with Crippen LogP contribution in [0.4, 0.5) is 5.69 Å². The van der Waals surface area contributed by atoms with Gasteiger partial charge in [-0.1, -0.05) is 45.8 Å². The van der Waals surface area contributed by atoms with Crippen LogP contribution < -0.4 is 10.2 Å². The van der Waals surface area contributed by atoms with Crippen molar-refractivity contribution in [2.24, 2.45) is 5.10 Å². The van der Waals surface area contributed by atoms with E-state index < -0.39 is 4.87 Å². The van der Waals surface area contributed by atoms with Crippen molar-refractivity contribution in [1.29, 1.82) is 0 Å². The lowest BCUT2D eigenvalue weighted by molar-refractivity contribution is -0.139. The SMILES string of the molecule is CC(=O)NC1=NN(C(C)=O)[C@@]2(S1)C(=O)N(Cc1ccc(C)cc1)c1ccc(Br)cc12. The van der Waals surface area contributed by atoms with Crippen molar-refractivity contribution in [3.8, 4) is 0 Å². The molecule has 7 nitrogen and oxygen atoms in total. The van der Waals surface area contributed by atoms with Crippen LogP contribution in [0.2, 0.25) is 0 Å². The van der Waals surface area contributed by atoms with Crippen LogP contribution in [0.25, 0.3) is 0 Å². The summed E-state index contributed by atoms with van der Waals surface area (Å²) in [5, 5.41) is 8.26. The summed E-state index contributed by atoms with van der Waals surface area (Å²) in [6.45, 7) is 5.08. The topological polar surface area (TPSA) is 82.1 Å². The van der Waals surface area contributed by atoms with Crippen molar-refractivity contribution >= 4 is 56.3 Å². The fraction of sp³-hybridized carbons (Fsp3) is 0.238. The molecule has 0 bridgehead atoms. The van der Waals surface area contributed by atoms with Crippen LogP contribution in [-0.4, -0.2) is 27.9 Å². The third kappa shape index (κ3) is 3.31. The normalized spacial score (nSPS) is 19.9. The molecule has 3 amide bonds. The van der Waals surface area contributed by atoms with Crippen molar-refractivity contribution in [2.45, 2.75) is 32.2 Å². The number of amides is 3. The van der Waals surface area contributed by atoms with Crippen molar-refractivity contribution < 1.29 is 14.4 Å². The number of thioether (sulfide) groups is 1. The maximum atomic E-state index is 13.8. The molecule has 1 spiro atoms. The van der Waals surface area contributed by atoms with Crippen molar-refractivity contribution in [2.75, 3.05) is 4.90 Å². The smallest absolute Gasteiger partial charge is 0.271 e. The molecule has 0 saturated heterocycles. The molecule has 0 aliphatic carbocycles. The minimum atomic E-state index is -1.40. The summed E-state index contributed by atoms with van der Waals surface area (Å²) >= 11 is 4.55. The second kappa shape index (κ2) is 7.55. The third-order valence-corrected chi connectivity index (χ3v) is 6.66. The maximum absolute atomic E-state index is 13.8. The molecule has 0 aromatic heterocycles. The largest absolute Gasteiger partial charge is 0.304 e. The molecule has 30 heavy (non-hydrogen) atoms. The molecule has 4 rings (SSSR count). The van der Waals surface area contributed by atoms with Crippen LogP contribution in [0.5, 0.6) is 0 Å². The number of hydrogen-bond donors (Lipinski definition) is 1. The number of aryl methyl sites for hydroxylation is 1. The monoisotopic (exact) mass is 486 g/mol. The van der Waals surface area contributed by atoms with Crippen LogP contribution >= 0.6 is 27.7 Å². The Morgan fingerprint density at radius 1 is 1.17 bits per heavy atom. The minimum Gasteiger partial charge on any atom is -0.304 e. The Morgan fingerprint density at radius 2 is 1.87 bits per heavy atom. The number of rotatable bonds is 2. The predicted octanol–water partition coefficient (Wildman–Crippen LogP) is 3.46. The maximum Gasteiger partial charge on any atom is 0.271 e. The Labute approximate surface area is 186 Å². The van der Waals surface area contributed by atoms with E-state index in [9.17, 15) is 14.4 Å². The van der Waals surface area contributed by atoms with Gasteiger partial charge in [-0.15, -0.1) is 5.10 Å². The van der Waals surface area contributed by atoms with Crippen molar-refractivity contribution in [3.63, 3.8) is 0 Å². The number of halogens is 1. The van der Waals surface area contributed by atoms with E-state index in [1.165, 1.54) is 18.9 Å². The summed E-state index contributed by atoms with van der Waals surface area (Å²) in [6.07, 6.45) is 0. The van der Waals surface area contributed by atoms with E-state index in [1.807, 2.05) is 49.4 Å². The first-order valence-electron chi connectivity index (χ1n) is 9.26. The molecule has 1 atom stereocenters. The Bertz CT molecular complexity index is 1100. The van der Waals surface area contributed by atoms with Gasteiger partial charge in [-0.3, -0.25) is 14.4 Å². The highest BCUT2D eigenvalue weighted by Gasteiger charge is 2.61. The highest BCUT2D eigenvalue weighted by atomic mass is 79.9. The lowest BCUT2D eigenvalue weighted by Crippen LogP contribution is -2.48. The Kier molecular flexibility index (Phi) is 5.19. The number of benzene rings is 2. The summed E-state index contributed by atoms with van der Waals surface area (Å²) in [4.78, 5) is 38.2. The minimum absolute atomic E-state index is 0.217. The van der Waals surface area contributed by atoms with E-state index in [-0.39, 0.29) is 22.9 Å². The molecular formula is C21H19BrN4O3S. The van der Waals surface area contributed by atoms with Gasteiger partial charge in [0.25, 0.3) is 5.91 Å². The van der Waals surface area contributed by atoms with Crippen molar-refractivity contribution in [1.82, 2.24) is 10.3 Å². The molecule has 2 aromatic rings. The first kappa shape index (κ1) is 20.6. The van der Waals surface area contributed by atoms with Crippen LogP contribution in [0.3, 0.4) is 0 Å². The van der Waals surface area contributed by atoms with E-state index in [4.69, 9.17) is 0 Å². The van der Waals surface area contributed by atoms with Crippen LogP contribution in [0, 0.1) is 6.92 Å². The average Bonchev–Trinajstić information content (AvgIpc) is 3.16. The molecule has 0 unspecified atom stereocenters. The molecule has 2 aliphatic heterocycles. The number of anilines is 1. The highest BCUT2D eigenvalue weighted by molar-refractivity contribution is 9.10. The van der Waals surface area contributed by atoms with Crippen LogP contribution in [-0.2, 0) is 25.8 Å². The number of hydrogen-bond acceptors (Lipinski definition) is 5. The van der Waals surface area contributed by atoms with Crippen LogP contribution in [0.15, 0.2) is 52.0 Å². The fourth-order valence-corrected chi connectivity index (χ4v) is 5.30. The number of hydrazone groups is 1. The fourth-order valence-electron chi connectivity index (χ4n) is 3.62. The number of nitrogens with one attached hydrogen (secondary N) is 1. The second-order valence-electron chi connectivity index (χ2n) is 7.20. The molecular weight excluding hydrogens is 468 g/mol. The standard InChI is InChI=1S/C21H19BrN4O3S/c1-12-4-6-15(7-5-12)11-25-18-9-8-16(22)10-17(18)21(19(25)29)26(14(3)28)24-20(30-21)23-13(2)27/h4-10H,11H2,1-3H3,(H,23,24,27)/t21-/m0/s1. The van der Waals surface area contributed by atoms with E-state index in [2.05, 4.69) is 26.3 Å². The van der Waals surface area contributed by atoms with Crippen molar-refractivity contribution in [3.05, 3.63) is 63.6 Å². The highest BCUT2D eigenvalue weighted by Crippen LogP contribution is 2.55. The molecule has 154 valence electrons. The van der Waals surface area contributed by atoms with E-state index in [0.717, 1.165) is 27.4 Å². The van der Waals surface area contributed by atoms with Gasteiger partial charge in [0.15, 0.2) is 5.17 Å². The van der Waals surface area contributed by atoms with Gasteiger partial charge in [-0.25, -0.2) is 0 Å². The average molecular weight is 487 g/mol. The number of carbonyl (C=O) groups excluding carboxylic acids is 3. The zero-order valence-electron chi connectivity index (χ0n) is 16.6. The number of nitrogens with zero attached hydrogens (tertiary/aromatic N) is 3. The van der Waals surface area contributed by atoms with Gasteiger partial charge in [0, 0.05) is 23.9 Å². The van der Waals surface area contributed by atoms with E-state index in [1.54, 1.807) is 4.90 Å². The first-order chi connectivity index (χ1) is 14.2.